The van der Waals surface area contributed by atoms with Crippen LogP contribution < -0.4 is 0 Å². The molecule has 0 amide bonds. The van der Waals surface area contributed by atoms with Crippen LogP contribution in [-0.4, -0.2) is 19.8 Å². The molecule has 2 aromatic heterocycles. The summed E-state index contributed by atoms with van der Waals surface area (Å²) in [5.41, 5.74) is 0.945. The molecule has 0 bridgehead atoms. The molecule has 0 aliphatic carbocycles. The smallest absolute Gasteiger partial charge is 0.234 e. The summed E-state index contributed by atoms with van der Waals surface area (Å²) in [6.45, 7) is 0. The van der Waals surface area contributed by atoms with Gasteiger partial charge in [0.1, 0.15) is 0 Å². The van der Waals surface area contributed by atoms with E-state index in [-0.39, 0.29) is 0 Å². The average molecular weight is 269 g/mol. The number of benzene rings is 1. The van der Waals surface area contributed by atoms with Crippen molar-refractivity contribution < 1.29 is 0 Å². The van der Waals surface area contributed by atoms with Crippen molar-refractivity contribution in [1.82, 2.24) is 19.8 Å². The topological polar surface area (TPSA) is 46.0 Å². The molecule has 0 radical (unpaired) electrons. The fourth-order valence-corrected chi connectivity index (χ4v) is 2.47. The number of aromatic nitrogens is 4. The summed E-state index contributed by atoms with van der Waals surface area (Å²) in [6, 6.07) is 7.43. The number of fused-ring (bicyclic) bond motifs is 1. The third-order valence-corrected chi connectivity index (χ3v) is 3.44. The SMILES string of the molecule is S=c1[nH]n2c(-c3ccc(Cl)cc3)nnc2s1. The van der Waals surface area contributed by atoms with E-state index in [1.165, 1.54) is 11.3 Å². The van der Waals surface area contributed by atoms with E-state index >= 15 is 0 Å². The van der Waals surface area contributed by atoms with Crippen LogP contribution in [0.4, 0.5) is 0 Å². The van der Waals surface area contributed by atoms with E-state index in [0.717, 1.165) is 16.3 Å². The molecular weight excluding hydrogens is 264 g/mol. The highest BCUT2D eigenvalue weighted by atomic mass is 35.5. The predicted octanol–water partition coefficient (Wildman–Crippen LogP) is 3.17. The van der Waals surface area contributed by atoms with Crippen molar-refractivity contribution in [1.29, 1.82) is 0 Å². The number of hydrogen-bond acceptors (Lipinski definition) is 4. The van der Waals surface area contributed by atoms with Crippen LogP contribution in [0.25, 0.3) is 16.3 Å². The molecule has 2 heterocycles. The minimum Gasteiger partial charge on any atom is -0.271 e. The van der Waals surface area contributed by atoms with Crippen molar-refractivity contribution in [3.63, 3.8) is 0 Å². The highest BCUT2D eigenvalue weighted by molar-refractivity contribution is 7.73. The monoisotopic (exact) mass is 268 g/mol. The van der Waals surface area contributed by atoms with E-state index < -0.39 is 0 Å². The Labute approximate surface area is 105 Å². The van der Waals surface area contributed by atoms with Gasteiger partial charge in [0.15, 0.2) is 9.78 Å². The van der Waals surface area contributed by atoms with Crippen LogP contribution in [0.1, 0.15) is 0 Å². The Morgan fingerprint density at radius 2 is 2.00 bits per heavy atom. The zero-order valence-electron chi connectivity index (χ0n) is 7.85. The Morgan fingerprint density at radius 1 is 1.25 bits per heavy atom. The standard InChI is InChI=1S/C9H5ClN4S2/c10-6-3-1-5(2-4-6)7-11-12-8-14(7)13-9(15)16-8/h1-4H,(H,13,15). The molecule has 0 atom stereocenters. The molecule has 3 rings (SSSR count). The second-order valence-electron chi connectivity index (χ2n) is 3.15. The predicted molar refractivity (Wildman–Crippen MR) is 66.5 cm³/mol. The van der Waals surface area contributed by atoms with Gasteiger partial charge in [0, 0.05) is 10.6 Å². The minimum absolute atomic E-state index is 0.681. The molecule has 80 valence electrons. The van der Waals surface area contributed by atoms with Gasteiger partial charge in [-0.2, -0.15) is 0 Å². The summed E-state index contributed by atoms with van der Waals surface area (Å²) >= 11 is 12.3. The lowest BCUT2D eigenvalue weighted by molar-refractivity contribution is 0.958. The van der Waals surface area contributed by atoms with Crippen LogP contribution in [0.3, 0.4) is 0 Å². The molecule has 0 unspecified atom stereocenters. The molecule has 0 saturated carbocycles. The van der Waals surface area contributed by atoms with E-state index in [2.05, 4.69) is 15.3 Å². The first-order chi connectivity index (χ1) is 7.74. The number of nitrogens with one attached hydrogen (secondary N) is 1. The van der Waals surface area contributed by atoms with Crippen LogP contribution in [-0.2, 0) is 0 Å². The number of nitrogens with zero attached hydrogens (tertiary/aromatic N) is 3. The Hall–Kier alpha value is -1.24. The fourth-order valence-electron chi connectivity index (χ4n) is 1.42. The van der Waals surface area contributed by atoms with Crippen molar-refractivity contribution in [3.05, 3.63) is 33.2 Å². The average Bonchev–Trinajstić information content (AvgIpc) is 2.78. The molecule has 0 spiro atoms. The Morgan fingerprint density at radius 3 is 2.75 bits per heavy atom. The van der Waals surface area contributed by atoms with Crippen LogP contribution in [0, 0.1) is 3.95 Å². The van der Waals surface area contributed by atoms with E-state index in [4.69, 9.17) is 23.8 Å². The van der Waals surface area contributed by atoms with Gasteiger partial charge in [-0.15, -0.1) is 10.2 Å². The van der Waals surface area contributed by atoms with Gasteiger partial charge in [-0.25, -0.2) is 4.52 Å². The number of aromatic amines is 1. The minimum atomic E-state index is 0.681. The lowest BCUT2D eigenvalue weighted by Gasteiger charge is -1.96. The van der Waals surface area contributed by atoms with Crippen LogP contribution in [0.15, 0.2) is 24.3 Å². The van der Waals surface area contributed by atoms with Gasteiger partial charge in [0.25, 0.3) is 0 Å². The Balaban J connectivity index is 2.25. The van der Waals surface area contributed by atoms with Gasteiger partial charge < -0.3 is 0 Å². The van der Waals surface area contributed by atoms with Crippen molar-refractivity contribution in [2.24, 2.45) is 0 Å². The van der Waals surface area contributed by atoms with Crippen LogP contribution in [0.5, 0.6) is 0 Å². The molecule has 1 N–H and O–H groups in total. The quantitative estimate of drug-likeness (QED) is 0.690. The zero-order valence-corrected chi connectivity index (χ0v) is 10.2. The number of halogens is 1. The number of H-pyrrole nitrogens is 1. The van der Waals surface area contributed by atoms with Gasteiger partial charge >= 0.3 is 0 Å². The first kappa shape index (κ1) is 9.95. The van der Waals surface area contributed by atoms with Gasteiger partial charge in [0.2, 0.25) is 4.96 Å². The molecule has 7 heteroatoms. The maximum atomic E-state index is 5.83. The van der Waals surface area contributed by atoms with E-state index in [1.54, 1.807) is 4.52 Å². The molecule has 4 nitrogen and oxygen atoms in total. The van der Waals surface area contributed by atoms with Crippen molar-refractivity contribution in [2.75, 3.05) is 0 Å². The maximum absolute atomic E-state index is 5.83. The number of hydrogen-bond donors (Lipinski definition) is 1. The molecular formula is C9H5ClN4S2. The second kappa shape index (κ2) is 3.65. The van der Waals surface area contributed by atoms with Crippen molar-refractivity contribution in [3.8, 4) is 11.4 Å². The molecule has 0 saturated heterocycles. The summed E-state index contributed by atoms with van der Waals surface area (Å²) in [5, 5.41) is 11.8. The molecule has 0 fully saturated rings. The summed E-state index contributed by atoms with van der Waals surface area (Å²) in [6.07, 6.45) is 0. The summed E-state index contributed by atoms with van der Waals surface area (Å²) < 4.78 is 2.45. The normalized spacial score (nSPS) is 11.1. The third kappa shape index (κ3) is 1.55. The van der Waals surface area contributed by atoms with Gasteiger partial charge in [-0.05, 0) is 36.5 Å². The van der Waals surface area contributed by atoms with Gasteiger partial charge in [-0.1, -0.05) is 22.9 Å². The lowest BCUT2D eigenvalue weighted by atomic mass is 10.2. The highest BCUT2D eigenvalue weighted by Gasteiger charge is 2.09. The first-order valence-electron chi connectivity index (χ1n) is 4.44. The van der Waals surface area contributed by atoms with Gasteiger partial charge in [-0.3, -0.25) is 5.10 Å². The van der Waals surface area contributed by atoms with Crippen LogP contribution in [0.2, 0.25) is 5.02 Å². The Kier molecular flexibility index (Phi) is 2.27. The van der Waals surface area contributed by atoms with Crippen LogP contribution >= 0.6 is 35.2 Å². The largest absolute Gasteiger partial charge is 0.271 e. The van der Waals surface area contributed by atoms with E-state index in [0.29, 0.717) is 8.98 Å². The molecule has 0 aliphatic heterocycles. The van der Waals surface area contributed by atoms with E-state index in [9.17, 15) is 0 Å². The van der Waals surface area contributed by atoms with Crippen molar-refractivity contribution in [2.45, 2.75) is 0 Å². The maximum Gasteiger partial charge on any atom is 0.234 e. The molecule has 3 aromatic rings. The zero-order chi connectivity index (χ0) is 11.1. The third-order valence-electron chi connectivity index (χ3n) is 2.12. The highest BCUT2D eigenvalue weighted by Crippen LogP contribution is 2.21. The summed E-state index contributed by atoms with van der Waals surface area (Å²) in [5.74, 6) is 0.735. The summed E-state index contributed by atoms with van der Waals surface area (Å²) in [7, 11) is 0. The lowest BCUT2D eigenvalue weighted by Crippen LogP contribution is -1.89. The molecule has 16 heavy (non-hydrogen) atoms. The van der Waals surface area contributed by atoms with E-state index in [1.807, 2.05) is 24.3 Å². The summed E-state index contributed by atoms with van der Waals surface area (Å²) in [4.78, 5) is 0.759. The molecule has 1 aromatic carbocycles. The first-order valence-corrected chi connectivity index (χ1v) is 6.04. The Bertz CT molecular complexity index is 694. The second-order valence-corrected chi connectivity index (χ2v) is 5.23. The van der Waals surface area contributed by atoms with Gasteiger partial charge in [0.05, 0.1) is 0 Å². The molecule has 0 aliphatic rings. The number of rotatable bonds is 1. The van der Waals surface area contributed by atoms with Crippen molar-refractivity contribution >= 4 is 40.1 Å². The fraction of sp³-hybridized carbons (Fsp3) is 0.